The molecular weight excluding hydrogens is 435 g/mol. The molecule has 0 atom stereocenters. The van der Waals surface area contributed by atoms with Gasteiger partial charge in [-0.2, -0.15) is 0 Å². The zero-order valence-corrected chi connectivity index (χ0v) is 17.9. The summed E-state index contributed by atoms with van der Waals surface area (Å²) < 4.78 is 46.6. The molecule has 2 aromatic carbocycles. The van der Waals surface area contributed by atoms with Gasteiger partial charge in [-0.25, -0.2) is 18.2 Å². The number of hydrogen-bond acceptors (Lipinski definition) is 4. The SMILES string of the molecule is Cc1oc(-c2ccccc2NC(=O)C2CCC2)nc1CNC(=O)Cc1c(F)ccc(F)c1F. The van der Waals surface area contributed by atoms with Crippen molar-refractivity contribution >= 4 is 17.5 Å². The molecule has 2 N–H and O–H groups in total. The zero-order chi connectivity index (χ0) is 23.5. The molecule has 9 heteroatoms. The molecule has 0 aliphatic heterocycles. The smallest absolute Gasteiger partial charge is 0.228 e. The first-order valence-electron chi connectivity index (χ1n) is 10.6. The van der Waals surface area contributed by atoms with Gasteiger partial charge in [0.15, 0.2) is 11.6 Å². The molecule has 0 spiro atoms. The first kappa shape index (κ1) is 22.6. The second-order valence-electron chi connectivity index (χ2n) is 7.96. The Kier molecular flexibility index (Phi) is 6.48. The van der Waals surface area contributed by atoms with Gasteiger partial charge in [-0.05, 0) is 44.0 Å². The Morgan fingerprint density at radius 1 is 1.09 bits per heavy atom. The second-order valence-corrected chi connectivity index (χ2v) is 7.96. The van der Waals surface area contributed by atoms with Crippen molar-refractivity contribution in [2.75, 3.05) is 5.32 Å². The highest BCUT2D eigenvalue weighted by Gasteiger charge is 2.26. The number of hydrogen-bond donors (Lipinski definition) is 2. The van der Waals surface area contributed by atoms with Crippen LogP contribution in [0.1, 0.15) is 36.3 Å². The quantitative estimate of drug-likeness (QED) is 0.506. The topological polar surface area (TPSA) is 84.2 Å². The molecule has 1 heterocycles. The predicted octanol–water partition coefficient (Wildman–Crippen LogP) is 4.66. The average molecular weight is 457 g/mol. The van der Waals surface area contributed by atoms with Crippen LogP contribution in [-0.4, -0.2) is 16.8 Å². The monoisotopic (exact) mass is 457 g/mol. The van der Waals surface area contributed by atoms with Crippen molar-refractivity contribution in [1.82, 2.24) is 10.3 Å². The Balaban J connectivity index is 1.45. The highest BCUT2D eigenvalue weighted by Crippen LogP contribution is 2.32. The van der Waals surface area contributed by atoms with E-state index in [1.807, 2.05) is 0 Å². The summed E-state index contributed by atoms with van der Waals surface area (Å²) in [5, 5.41) is 5.44. The number of para-hydroxylation sites is 1. The van der Waals surface area contributed by atoms with E-state index < -0.39 is 35.3 Å². The fourth-order valence-corrected chi connectivity index (χ4v) is 3.53. The number of anilines is 1. The van der Waals surface area contributed by atoms with Gasteiger partial charge in [0.05, 0.1) is 24.2 Å². The van der Waals surface area contributed by atoms with Crippen molar-refractivity contribution in [2.24, 2.45) is 5.92 Å². The van der Waals surface area contributed by atoms with E-state index in [2.05, 4.69) is 15.6 Å². The van der Waals surface area contributed by atoms with E-state index in [1.165, 1.54) is 0 Å². The van der Waals surface area contributed by atoms with E-state index in [1.54, 1.807) is 31.2 Å². The van der Waals surface area contributed by atoms with Gasteiger partial charge in [-0.15, -0.1) is 0 Å². The summed E-state index contributed by atoms with van der Waals surface area (Å²) in [7, 11) is 0. The summed E-state index contributed by atoms with van der Waals surface area (Å²) in [4.78, 5) is 29.0. The van der Waals surface area contributed by atoms with E-state index >= 15 is 0 Å². The van der Waals surface area contributed by atoms with Crippen LogP contribution in [0.3, 0.4) is 0 Å². The highest BCUT2D eigenvalue weighted by atomic mass is 19.2. The summed E-state index contributed by atoms with van der Waals surface area (Å²) in [5.74, 6) is -3.62. The Hall–Kier alpha value is -3.62. The van der Waals surface area contributed by atoms with E-state index in [0.29, 0.717) is 28.8 Å². The molecule has 6 nitrogen and oxygen atoms in total. The molecule has 1 saturated carbocycles. The number of nitrogens with one attached hydrogen (secondary N) is 2. The number of oxazole rings is 1. The maximum Gasteiger partial charge on any atom is 0.228 e. The van der Waals surface area contributed by atoms with Gasteiger partial charge in [0.2, 0.25) is 17.7 Å². The molecule has 3 aromatic rings. The number of halogens is 3. The number of benzene rings is 2. The van der Waals surface area contributed by atoms with Gasteiger partial charge in [0.1, 0.15) is 17.3 Å². The molecule has 0 unspecified atom stereocenters. The number of carbonyl (C=O) groups excluding carboxylic acids is 2. The number of nitrogens with zero attached hydrogens (tertiary/aromatic N) is 1. The fraction of sp³-hybridized carbons (Fsp3) is 0.292. The first-order valence-corrected chi connectivity index (χ1v) is 10.6. The summed E-state index contributed by atoms with van der Waals surface area (Å²) in [5.41, 5.74) is 0.942. The molecule has 0 saturated heterocycles. The molecule has 1 aromatic heterocycles. The van der Waals surface area contributed by atoms with Crippen molar-refractivity contribution in [1.29, 1.82) is 0 Å². The fourth-order valence-electron chi connectivity index (χ4n) is 3.53. The standard InChI is InChI=1S/C24H22F3N3O3/c1-13-20(12-28-21(31)11-16-17(25)9-10-18(26)22(16)27)30-24(33-13)15-7-2-3-8-19(15)29-23(32)14-5-4-6-14/h2-3,7-10,14H,4-6,11-12H2,1H3,(H,28,31)(H,29,32). The molecule has 1 aliphatic carbocycles. The van der Waals surface area contributed by atoms with Gasteiger partial charge in [-0.3, -0.25) is 9.59 Å². The number of amides is 2. The van der Waals surface area contributed by atoms with Crippen LogP contribution >= 0.6 is 0 Å². The molecule has 4 rings (SSSR count). The summed E-state index contributed by atoms with van der Waals surface area (Å²) >= 11 is 0. The Labute approximate surface area is 188 Å². The number of carbonyl (C=O) groups is 2. The van der Waals surface area contributed by atoms with Crippen molar-refractivity contribution in [3.8, 4) is 11.5 Å². The van der Waals surface area contributed by atoms with Crippen molar-refractivity contribution in [3.63, 3.8) is 0 Å². The largest absolute Gasteiger partial charge is 0.441 e. The number of aromatic nitrogens is 1. The van der Waals surface area contributed by atoms with Crippen LogP contribution in [-0.2, 0) is 22.6 Å². The lowest BCUT2D eigenvalue weighted by Gasteiger charge is -2.24. The summed E-state index contributed by atoms with van der Waals surface area (Å²) in [6, 6.07) is 8.54. The molecule has 0 radical (unpaired) electrons. The third-order valence-corrected chi connectivity index (χ3v) is 5.71. The molecule has 2 amide bonds. The van der Waals surface area contributed by atoms with E-state index in [9.17, 15) is 22.8 Å². The third-order valence-electron chi connectivity index (χ3n) is 5.71. The zero-order valence-electron chi connectivity index (χ0n) is 17.9. The normalized spacial score (nSPS) is 13.5. The minimum Gasteiger partial charge on any atom is -0.441 e. The average Bonchev–Trinajstić information content (AvgIpc) is 3.12. The molecule has 172 valence electrons. The Bertz CT molecular complexity index is 1200. The van der Waals surface area contributed by atoms with E-state index in [4.69, 9.17) is 4.42 Å². The van der Waals surface area contributed by atoms with Crippen molar-refractivity contribution in [3.05, 3.63) is 70.9 Å². The lowest BCUT2D eigenvalue weighted by Crippen LogP contribution is -2.28. The maximum absolute atomic E-state index is 13.8. The van der Waals surface area contributed by atoms with Crippen LogP contribution in [0.5, 0.6) is 0 Å². The van der Waals surface area contributed by atoms with Crippen LogP contribution in [0.2, 0.25) is 0 Å². The summed E-state index contributed by atoms with van der Waals surface area (Å²) in [6.45, 7) is 1.61. The van der Waals surface area contributed by atoms with E-state index in [-0.39, 0.29) is 24.3 Å². The van der Waals surface area contributed by atoms with Crippen LogP contribution in [0, 0.1) is 30.3 Å². The summed E-state index contributed by atoms with van der Waals surface area (Å²) in [6.07, 6.45) is 2.14. The predicted molar refractivity (Wildman–Crippen MR) is 115 cm³/mol. The maximum atomic E-state index is 13.8. The van der Waals surface area contributed by atoms with Gasteiger partial charge in [0.25, 0.3) is 0 Å². The highest BCUT2D eigenvalue weighted by molar-refractivity contribution is 5.96. The second kappa shape index (κ2) is 9.48. The van der Waals surface area contributed by atoms with Crippen molar-refractivity contribution < 1.29 is 27.2 Å². The van der Waals surface area contributed by atoms with Gasteiger partial charge in [0, 0.05) is 11.5 Å². The first-order chi connectivity index (χ1) is 15.8. The van der Waals surface area contributed by atoms with Crippen LogP contribution in [0.25, 0.3) is 11.5 Å². The third kappa shape index (κ3) is 4.92. The van der Waals surface area contributed by atoms with Crippen molar-refractivity contribution in [2.45, 2.75) is 39.2 Å². The minimum atomic E-state index is -1.38. The van der Waals surface area contributed by atoms with Gasteiger partial charge >= 0.3 is 0 Å². The number of rotatable bonds is 7. The molecule has 33 heavy (non-hydrogen) atoms. The Morgan fingerprint density at radius 2 is 1.82 bits per heavy atom. The van der Waals surface area contributed by atoms with Gasteiger partial charge < -0.3 is 15.1 Å². The minimum absolute atomic E-state index is 0.0166. The van der Waals surface area contributed by atoms with E-state index in [0.717, 1.165) is 25.3 Å². The lowest BCUT2D eigenvalue weighted by molar-refractivity contribution is -0.122. The van der Waals surface area contributed by atoms with Gasteiger partial charge in [-0.1, -0.05) is 18.6 Å². The molecule has 0 bridgehead atoms. The van der Waals surface area contributed by atoms with Crippen LogP contribution in [0.15, 0.2) is 40.8 Å². The van der Waals surface area contributed by atoms with Crippen LogP contribution < -0.4 is 10.6 Å². The number of aryl methyl sites for hydroxylation is 1. The lowest BCUT2D eigenvalue weighted by atomic mass is 9.85. The Morgan fingerprint density at radius 3 is 2.55 bits per heavy atom. The molecule has 1 aliphatic rings. The molecular formula is C24H22F3N3O3. The molecule has 1 fully saturated rings. The van der Waals surface area contributed by atoms with Crippen LogP contribution in [0.4, 0.5) is 18.9 Å².